The predicted molar refractivity (Wildman–Crippen MR) is 306 cm³/mol. The van der Waals surface area contributed by atoms with Crippen molar-refractivity contribution in [1.82, 2.24) is 0 Å². The van der Waals surface area contributed by atoms with Gasteiger partial charge in [-0.05, 0) is 97.1 Å². The SMILES string of the molecule is O=C(OC[C@H]1O[C@H](OC[C@H]2O[C@H](Sc3ccccc3)[C@@H](OC(=O)c3ccccc3)[C@@H](OC(=O)c3ccccc3)[C@@H]2OC(=O)c2ccccc2)[C@@H](OC(=O)c2ccccc2)[C@@H](OC(=O)c2ccccc2)[C@@H]1OC(=O)c1ccccc1)c1ccccc1. The molecule has 8 aromatic carbocycles. The zero-order valence-corrected chi connectivity index (χ0v) is 45.9. The highest BCUT2D eigenvalue weighted by atomic mass is 32.2. The second-order valence-corrected chi connectivity index (χ2v) is 20.4. The van der Waals surface area contributed by atoms with Crippen LogP contribution in [0.2, 0.25) is 0 Å². The van der Waals surface area contributed by atoms with E-state index in [1.54, 1.807) is 170 Å². The summed E-state index contributed by atoms with van der Waals surface area (Å²) in [4.78, 5) is 101. The van der Waals surface area contributed by atoms with Crippen molar-refractivity contribution in [2.45, 2.75) is 65.5 Å². The third-order valence-corrected chi connectivity index (χ3v) is 14.7. The van der Waals surface area contributed by atoms with Crippen molar-refractivity contribution in [2.75, 3.05) is 13.2 Å². The summed E-state index contributed by atoms with van der Waals surface area (Å²) in [6.45, 7) is -1.36. The molecular weight excluding hydrogens is 1110 g/mol. The molecule has 2 aliphatic heterocycles. The fraction of sp³-hybridized carbons (Fsp3) is 0.179. The highest BCUT2D eigenvalue weighted by molar-refractivity contribution is 7.99. The van der Waals surface area contributed by atoms with E-state index < -0.39 is 116 Å². The van der Waals surface area contributed by atoms with Crippen molar-refractivity contribution in [1.29, 1.82) is 0 Å². The van der Waals surface area contributed by atoms with Crippen LogP contribution in [0.1, 0.15) is 72.5 Å². The first-order valence-electron chi connectivity index (χ1n) is 27.0. The largest absolute Gasteiger partial charge is 0.459 e. The van der Waals surface area contributed by atoms with Crippen molar-refractivity contribution in [2.24, 2.45) is 0 Å². The molecule has 0 amide bonds. The van der Waals surface area contributed by atoms with Crippen LogP contribution in [-0.4, -0.2) is 116 Å². The summed E-state index contributed by atoms with van der Waals surface area (Å²) in [7, 11) is 0. The molecule has 85 heavy (non-hydrogen) atoms. The molecule has 0 spiro atoms. The van der Waals surface area contributed by atoms with Crippen LogP contribution in [-0.2, 0) is 47.4 Å². The van der Waals surface area contributed by atoms with E-state index >= 15 is 0 Å². The molecule has 10 rings (SSSR count). The maximum atomic E-state index is 14.5. The predicted octanol–water partition coefficient (Wildman–Crippen LogP) is 10.5. The number of carbonyl (C=O) groups excluding carboxylic acids is 7. The van der Waals surface area contributed by atoms with Gasteiger partial charge in [-0.3, -0.25) is 0 Å². The van der Waals surface area contributed by atoms with Crippen LogP contribution in [0.15, 0.2) is 248 Å². The van der Waals surface area contributed by atoms with Crippen LogP contribution in [0.5, 0.6) is 0 Å². The number of hydrogen-bond donors (Lipinski definition) is 0. The molecule has 8 aromatic rings. The number of benzene rings is 8. The van der Waals surface area contributed by atoms with E-state index in [0.717, 1.165) is 11.8 Å². The van der Waals surface area contributed by atoms with E-state index in [4.69, 9.17) is 47.4 Å². The molecule has 0 radical (unpaired) electrons. The smallest absolute Gasteiger partial charge is 0.338 e. The Kier molecular flexibility index (Phi) is 19.6. The summed E-state index contributed by atoms with van der Waals surface area (Å²) in [5.41, 5.74) is -0.587. The Morgan fingerprint density at radius 2 is 0.565 bits per heavy atom. The summed E-state index contributed by atoms with van der Waals surface area (Å²) in [6, 6.07) is 64.6. The molecule has 0 aromatic heterocycles. The van der Waals surface area contributed by atoms with Gasteiger partial charge in [-0.15, -0.1) is 0 Å². The molecule has 17 nitrogen and oxygen atoms in total. The molecule has 2 aliphatic rings. The quantitative estimate of drug-likeness (QED) is 0.0513. The molecule has 0 bridgehead atoms. The minimum absolute atomic E-state index is 0.0505. The summed E-state index contributed by atoms with van der Waals surface area (Å²) in [6.07, 6.45) is -15.2. The Labute approximate surface area is 492 Å². The highest BCUT2D eigenvalue weighted by Crippen LogP contribution is 2.40. The summed E-state index contributed by atoms with van der Waals surface area (Å²) >= 11 is 1.10. The van der Waals surface area contributed by atoms with Crippen LogP contribution in [0.4, 0.5) is 0 Å². The minimum atomic E-state index is -1.86. The van der Waals surface area contributed by atoms with Crippen LogP contribution in [0, 0.1) is 0 Å². The monoisotopic (exact) mass is 1160 g/mol. The topological polar surface area (TPSA) is 212 Å². The number of rotatable bonds is 20. The van der Waals surface area contributed by atoms with Gasteiger partial charge in [0.1, 0.15) is 24.3 Å². The first kappa shape index (κ1) is 58.5. The molecule has 0 aliphatic carbocycles. The van der Waals surface area contributed by atoms with Crippen molar-refractivity contribution in [3.63, 3.8) is 0 Å². The Morgan fingerprint density at radius 3 is 0.918 bits per heavy atom. The molecule has 2 saturated heterocycles. The number of carbonyl (C=O) groups is 7. The zero-order chi connectivity index (χ0) is 58.9. The third-order valence-electron chi connectivity index (χ3n) is 13.5. The lowest BCUT2D eigenvalue weighted by Gasteiger charge is -2.46. The van der Waals surface area contributed by atoms with Crippen LogP contribution in [0.3, 0.4) is 0 Å². The maximum Gasteiger partial charge on any atom is 0.338 e. The molecule has 0 N–H and O–H groups in total. The molecule has 2 heterocycles. The lowest BCUT2D eigenvalue weighted by molar-refractivity contribution is -0.309. The van der Waals surface area contributed by atoms with E-state index in [2.05, 4.69) is 0 Å². The van der Waals surface area contributed by atoms with Gasteiger partial charge in [0.25, 0.3) is 0 Å². The number of esters is 7. The molecule has 0 unspecified atom stereocenters. The fourth-order valence-corrected chi connectivity index (χ4v) is 10.4. The van der Waals surface area contributed by atoms with Crippen LogP contribution in [0.25, 0.3) is 0 Å². The second kappa shape index (κ2) is 28.5. The summed E-state index contributed by atoms with van der Waals surface area (Å²) in [5, 5.41) is 0. The van der Waals surface area contributed by atoms with E-state index in [9.17, 15) is 33.6 Å². The van der Waals surface area contributed by atoms with Gasteiger partial charge in [-0.2, -0.15) is 0 Å². The van der Waals surface area contributed by atoms with E-state index in [-0.39, 0.29) is 38.9 Å². The molecular formula is C67H54O17S. The third kappa shape index (κ3) is 15.1. The standard InChI is InChI=1S/C67H54O17S/c68-59(43-25-9-1-10-26-43)75-41-51-53(79-60(69)44-27-11-2-12-28-44)55(81-62(71)46-31-15-4-16-32-46)57(83-64(73)48-35-19-6-20-36-48)66(77-51)76-42-52-54(80-61(70)45-29-13-3-14-30-45)56(82-63(72)47-33-17-5-18-34-47)58(84-65(74)49-37-21-7-22-38-49)67(78-52)85-50-39-23-8-24-40-50/h1-40,51-58,66-67H,41-42H2/t51-,52-,53-,54-,55+,56+,57+,58+,66+,67-/m1/s1. The van der Waals surface area contributed by atoms with Gasteiger partial charge in [0.05, 0.1) is 45.6 Å². The van der Waals surface area contributed by atoms with Gasteiger partial charge in [-0.25, -0.2) is 33.6 Å². The fourth-order valence-electron chi connectivity index (χ4n) is 9.29. The Hall–Kier alpha value is -9.72. The van der Waals surface area contributed by atoms with E-state index in [1.807, 2.05) is 0 Å². The van der Waals surface area contributed by atoms with E-state index in [1.165, 1.54) is 72.8 Å². The minimum Gasteiger partial charge on any atom is -0.459 e. The molecule has 430 valence electrons. The number of ether oxygens (including phenoxy) is 10. The van der Waals surface area contributed by atoms with Crippen molar-refractivity contribution in [3.05, 3.63) is 282 Å². The van der Waals surface area contributed by atoms with E-state index in [0.29, 0.717) is 4.90 Å². The zero-order valence-electron chi connectivity index (χ0n) is 45.1. The van der Waals surface area contributed by atoms with Gasteiger partial charge < -0.3 is 47.4 Å². The van der Waals surface area contributed by atoms with Gasteiger partial charge in [-0.1, -0.05) is 157 Å². The highest BCUT2D eigenvalue weighted by Gasteiger charge is 2.56. The average molecular weight is 1160 g/mol. The summed E-state index contributed by atoms with van der Waals surface area (Å²) < 4.78 is 64.1. The van der Waals surface area contributed by atoms with Gasteiger partial charge >= 0.3 is 41.8 Å². The van der Waals surface area contributed by atoms with Crippen molar-refractivity contribution in [3.8, 4) is 0 Å². The summed E-state index contributed by atoms with van der Waals surface area (Å²) in [5.74, 6) is -6.23. The van der Waals surface area contributed by atoms with Gasteiger partial charge in [0.2, 0.25) is 0 Å². The Balaban J connectivity index is 1.08. The Morgan fingerprint density at radius 1 is 0.294 bits per heavy atom. The van der Waals surface area contributed by atoms with Gasteiger partial charge in [0.15, 0.2) is 42.9 Å². The average Bonchev–Trinajstić information content (AvgIpc) is 3.12. The molecule has 2 fully saturated rings. The lowest BCUT2D eigenvalue weighted by Crippen LogP contribution is -2.64. The van der Waals surface area contributed by atoms with Crippen molar-refractivity contribution < 1.29 is 80.9 Å². The normalized spacial score (nSPS) is 21.6. The Bertz CT molecular complexity index is 3510. The van der Waals surface area contributed by atoms with Gasteiger partial charge in [0, 0.05) is 4.90 Å². The first-order chi connectivity index (χ1) is 41.6. The molecule has 10 atom stereocenters. The van der Waals surface area contributed by atoms with Crippen molar-refractivity contribution >= 4 is 53.5 Å². The number of hydrogen-bond acceptors (Lipinski definition) is 18. The van der Waals surface area contributed by atoms with Crippen LogP contribution >= 0.6 is 11.8 Å². The second-order valence-electron chi connectivity index (χ2n) is 19.2. The molecule has 0 saturated carbocycles. The first-order valence-corrected chi connectivity index (χ1v) is 27.9. The maximum absolute atomic E-state index is 14.5. The van der Waals surface area contributed by atoms with Crippen LogP contribution < -0.4 is 0 Å². The number of thioether (sulfide) groups is 1. The lowest BCUT2D eigenvalue weighted by atomic mass is 9.97. The molecule has 18 heteroatoms.